The van der Waals surface area contributed by atoms with Gasteiger partial charge in [-0.05, 0) is 46.3 Å². The van der Waals surface area contributed by atoms with Crippen molar-refractivity contribution < 1.29 is 4.57 Å². The molecule has 3 rings (SSSR count). The van der Waals surface area contributed by atoms with E-state index >= 15 is 0 Å². The molecular weight excluding hydrogens is 424 g/mol. The average molecular weight is 474 g/mol. The van der Waals surface area contributed by atoms with E-state index in [1.807, 2.05) is 0 Å². The van der Waals surface area contributed by atoms with Gasteiger partial charge < -0.3 is 0 Å². The Hall–Kier alpha value is -2.35. The number of hydrogen-bond donors (Lipinski definition) is 0. The van der Waals surface area contributed by atoms with Gasteiger partial charge >= 0.3 is 0 Å². The van der Waals surface area contributed by atoms with Crippen LogP contribution in [0.4, 0.5) is 0 Å². The SMILES string of the molecule is Cc1c(C)[n+](Cc2c(C(C)C)cc(C(C)C)cc2C(C)C)cn1-c1c(C(C)C)cccc1C(C)C. The topological polar surface area (TPSA) is 8.81 Å². The molecule has 35 heavy (non-hydrogen) atoms. The summed E-state index contributed by atoms with van der Waals surface area (Å²) in [6.07, 6.45) is 2.36. The standard InChI is InChI=1S/C33H49N2/c1-20(2)27-16-30(23(7)8)32(31(17-27)24(9)10)18-34-19-35(26(12)25(34)11)33-28(21(3)4)14-13-15-29(33)22(5)6/h13-17,19-24H,18H2,1-12H3/q+1. The smallest absolute Gasteiger partial charge is 0.229 e. The van der Waals surface area contributed by atoms with Crippen molar-refractivity contribution in [2.75, 3.05) is 0 Å². The molecule has 0 fully saturated rings. The molecule has 0 atom stereocenters. The van der Waals surface area contributed by atoms with Crippen LogP contribution in [0.2, 0.25) is 0 Å². The fraction of sp³-hybridized carbons (Fsp3) is 0.545. The van der Waals surface area contributed by atoms with E-state index in [-0.39, 0.29) is 0 Å². The molecule has 0 aliphatic rings. The van der Waals surface area contributed by atoms with Crippen molar-refractivity contribution in [3.63, 3.8) is 0 Å². The van der Waals surface area contributed by atoms with Crippen molar-refractivity contribution in [1.29, 1.82) is 0 Å². The molecule has 2 aromatic carbocycles. The van der Waals surface area contributed by atoms with E-state index in [9.17, 15) is 0 Å². The zero-order valence-electron chi connectivity index (χ0n) is 24.5. The van der Waals surface area contributed by atoms with E-state index in [0.29, 0.717) is 29.6 Å². The lowest BCUT2D eigenvalue weighted by Gasteiger charge is -2.22. The van der Waals surface area contributed by atoms with Gasteiger partial charge in [-0.25, -0.2) is 4.57 Å². The average Bonchev–Trinajstić information content (AvgIpc) is 3.06. The molecule has 0 bridgehead atoms. The predicted octanol–water partition coefficient (Wildman–Crippen LogP) is 9.05. The second-order valence-corrected chi connectivity index (χ2v) is 12.0. The molecule has 2 nitrogen and oxygen atoms in total. The van der Waals surface area contributed by atoms with E-state index in [2.05, 4.69) is 129 Å². The van der Waals surface area contributed by atoms with E-state index < -0.39 is 0 Å². The summed E-state index contributed by atoms with van der Waals surface area (Å²) in [5.41, 5.74) is 12.9. The van der Waals surface area contributed by atoms with Crippen LogP contribution in [0.3, 0.4) is 0 Å². The summed E-state index contributed by atoms with van der Waals surface area (Å²) in [7, 11) is 0. The fourth-order valence-corrected chi connectivity index (χ4v) is 5.33. The number of aromatic nitrogens is 2. The lowest BCUT2D eigenvalue weighted by molar-refractivity contribution is -0.693. The van der Waals surface area contributed by atoms with Gasteiger partial charge in [-0.15, -0.1) is 0 Å². The maximum Gasteiger partial charge on any atom is 0.249 e. The molecule has 2 heteroatoms. The Bertz CT molecular complexity index is 1120. The third-order valence-corrected chi connectivity index (χ3v) is 7.73. The van der Waals surface area contributed by atoms with Crippen molar-refractivity contribution >= 4 is 0 Å². The second kappa shape index (κ2) is 10.7. The normalized spacial score (nSPS) is 12.3. The maximum absolute atomic E-state index is 2.48. The maximum atomic E-state index is 2.48. The van der Waals surface area contributed by atoms with Gasteiger partial charge in [0.05, 0.1) is 0 Å². The molecular formula is C33H49N2+. The number of rotatable bonds is 8. The lowest BCUT2D eigenvalue weighted by Crippen LogP contribution is -2.36. The molecule has 0 aliphatic heterocycles. The minimum absolute atomic E-state index is 0.475. The third kappa shape index (κ3) is 5.42. The Morgan fingerprint density at radius 1 is 0.657 bits per heavy atom. The van der Waals surface area contributed by atoms with Gasteiger partial charge in [0.1, 0.15) is 23.6 Å². The Morgan fingerprint density at radius 3 is 1.51 bits per heavy atom. The minimum atomic E-state index is 0.475. The van der Waals surface area contributed by atoms with Crippen LogP contribution in [-0.2, 0) is 6.54 Å². The molecule has 0 amide bonds. The van der Waals surface area contributed by atoms with Crippen LogP contribution < -0.4 is 4.57 Å². The van der Waals surface area contributed by atoms with Crippen LogP contribution in [0.5, 0.6) is 0 Å². The van der Waals surface area contributed by atoms with Crippen molar-refractivity contribution in [3.05, 3.63) is 81.4 Å². The summed E-state index contributed by atoms with van der Waals surface area (Å²) in [6, 6.07) is 11.8. The molecule has 0 N–H and O–H groups in total. The summed E-state index contributed by atoms with van der Waals surface area (Å²) in [5, 5.41) is 0. The summed E-state index contributed by atoms with van der Waals surface area (Å²) >= 11 is 0. The number of hydrogen-bond acceptors (Lipinski definition) is 0. The first-order valence-corrected chi connectivity index (χ1v) is 13.7. The van der Waals surface area contributed by atoms with Crippen molar-refractivity contribution in [2.45, 2.75) is 119 Å². The Balaban J connectivity index is 2.23. The first-order chi connectivity index (χ1) is 16.3. The van der Waals surface area contributed by atoms with Crippen LogP contribution in [0, 0.1) is 13.8 Å². The number of benzene rings is 2. The van der Waals surface area contributed by atoms with Gasteiger partial charge in [0, 0.05) is 30.5 Å². The van der Waals surface area contributed by atoms with Crippen LogP contribution in [0.25, 0.3) is 5.69 Å². The summed E-state index contributed by atoms with van der Waals surface area (Å²) in [6.45, 7) is 28.7. The van der Waals surface area contributed by atoms with E-state index in [4.69, 9.17) is 0 Å². The van der Waals surface area contributed by atoms with Gasteiger partial charge in [-0.3, -0.25) is 0 Å². The van der Waals surface area contributed by atoms with Gasteiger partial charge in [-0.1, -0.05) is 99.6 Å². The first kappa shape index (κ1) is 27.2. The molecule has 0 saturated heterocycles. The molecule has 0 unspecified atom stereocenters. The van der Waals surface area contributed by atoms with Gasteiger partial charge in [0.25, 0.3) is 0 Å². The summed E-state index contributed by atoms with van der Waals surface area (Å²) < 4.78 is 4.95. The van der Waals surface area contributed by atoms with Crippen molar-refractivity contribution in [3.8, 4) is 5.69 Å². The highest BCUT2D eigenvalue weighted by molar-refractivity contribution is 5.52. The van der Waals surface area contributed by atoms with Crippen LogP contribution in [0.15, 0.2) is 36.7 Å². The molecule has 190 valence electrons. The van der Waals surface area contributed by atoms with Gasteiger partial charge in [-0.2, -0.15) is 4.57 Å². The Morgan fingerprint density at radius 2 is 1.11 bits per heavy atom. The number of imidazole rings is 1. The largest absolute Gasteiger partial charge is 0.249 e. The number of para-hydroxylation sites is 1. The molecule has 1 aromatic heterocycles. The Labute approximate surface area is 215 Å². The van der Waals surface area contributed by atoms with Crippen molar-refractivity contribution in [2.24, 2.45) is 0 Å². The molecule has 1 heterocycles. The molecule has 0 spiro atoms. The first-order valence-electron chi connectivity index (χ1n) is 13.7. The van der Waals surface area contributed by atoms with Gasteiger partial charge in [0.15, 0.2) is 0 Å². The van der Waals surface area contributed by atoms with Crippen LogP contribution in [0.1, 0.15) is 144 Å². The Kier molecular flexibility index (Phi) is 8.35. The van der Waals surface area contributed by atoms with E-state index in [0.717, 1.165) is 6.54 Å². The second-order valence-electron chi connectivity index (χ2n) is 12.0. The lowest BCUT2D eigenvalue weighted by atomic mass is 9.84. The number of nitrogens with zero attached hydrogens (tertiary/aromatic N) is 2. The molecule has 3 aromatic rings. The van der Waals surface area contributed by atoms with E-state index in [1.165, 1.54) is 50.5 Å². The van der Waals surface area contributed by atoms with Crippen LogP contribution >= 0.6 is 0 Å². The summed E-state index contributed by atoms with van der Waals surface area (Å²) in [4.78, 5) is 0. The van der Waals surface area contributed by atoms with E-state index in [1.54, 1.807) is 0 Å². The minimum Gasteiger partial charge on any atom is -0.229 e. The molecule has 0 saturated carbocycles. The zero-order valence-corrected chi connectivity index (χ0v) is 24.5. The highest BCUT2D eigenvalue weighted by Gasteiger charge is 2.26. The third-order valence-electron chi connectivity index (χ3n) is 7.73. The van der Waals surface area contributed by atoms with Gasteiger partial charge in [0.2, 0.25) is 6.33 Å². The molecule has 0 radical (unpaired) electrons. The van der Waals surface area contributed by atoms with Crippen molar-refractivity contribution in [1.82, 2.24) is 4.57 Å². The fourth-order valence-electron chi connectivity index (χ4n) is 5.33. The quantitative estimate of drug-likeness (QED) is 0.288. The zero-order chi connectivity index (χ0) is 26.2. The summed E-state index contributed by atoms with van der Waals surface area (Å²) in [5.74, 6) is 2.49. The van der Waals surface area contributed by atoms with Crippen LogP contribution in [-0.4, -0.2) is 4.57 Å². The molecule has 0 aliphatic carbocycles. The predicted molar refractivity (Wildman–Crippen MR) is 151 cm³/mol. The monoisotopic (exact) mass is 473 g/mol. The highest BCUT2D eigenvalue weighted by atomic mass is 15.1. The highest BCUT2D eigenvalue weighted by Crippen LogP contribution is 2.34.